The Morgan fingerprint density at radius 3 is 2.47 bits per heavy atom. The lowest BCUT2D eigenvalue weighted by Gasteiger charge is -2.62. The second kappa shape index (κ2) is 9.36. The normalized spacial score (nSPS) is 22.1. The quantitative estimate of drug-likeness (QED) is 0.193. The first-order chi connectivity index (χ1) is 20.5. The fourth-order valence-corrected chi connectivity index (χ4v) is 6.60. The summed E-state index contributed by atoms with van der Waals surface area (Å²) < 4.78 is 56.3. The summed E-state index contributed by atoms with van der Waals surface area (Å²) in [6.07, 6.45) is 1.47. The number of benzene rings is 1. The molecule has 2 bridgehead atoms. The number of hydrogen-bond acceptors (Lipinski definition) is 8. The van der Waals surface area contributed by atoms with Gasteiger partial charge in [-0.3, -0.25) is 4.98 Å². The van der Waals surface area contributed by atoms with E-state index in [2.05, 4.69) is 43.1 Å². The first-order valence-electron chi connectivity index (χ1n) is 13.9. The molecule has 4 fully saturated rings. The lowest BCUT2D eigenvalue weighted by Crippen LogP contribution is -2.55. The number of aromatic nitrogens is 5. The van der Waals surface area contributed by atoms with Gasteiger partial charge in [0.2, 0.25) is 5.95 Å². The summed E-state index contributed by atoms with van der Waals surface area (Å²) >= 11 is 0. The molecule has 9 nitrogen and oxygen atoms in total. The van der Waals surface area contributed by atoms with Crippen molar-refractivity contribution in [2.24, 2.45) is 11.3 Å². The molecule has 8 rings (SSSR count). The van der Waals surface area contributed by atoms with E-state index in [-0.39, 0.29) is 29.5 Å². The maximum Gasteiger partial charge on any atom is 0.413 e. The van der Waals surface area contributed by atoms with Crippen molar-refractivity contribution in [2.45, 2.75) is 56.8 Å². The highest BCUT2D eigenvalue weighted by molar-refractivity contribution is 5.99. The SMILES string of the molecule is Cc1nc(F)ccc1C(Nc1cc(C#N)c2ncc(C#N)c(NCC34CC(C3)C4)c2c1)c1cn(C2(C(F)(F)F)CC2)nn1. The largest absolute Gasteiger partial charge is 0.413 e. The zero-order valence-corrected chi connectivity index (χ0v) is 23.0. The minimum Gasteiger partial charge on any atom is -0.383 e. The molecule has 4 aliphatic carbocycles. The van der Waals surface area contributed by atoms with Crippen molar-refractivity contribution in [2.75, 3.05) is 17.2 Å². The van der Waals surface area contributed by atoms with Gasteiger partial charge < -0.3 is 10.6 Å². The molecule has 0 saturated heterocycles. The minimum absolute atomic E-state index is 0.101. The van der Waals surface area contributed by atoms with E-state index in [0.29, 0.717) is 45.6 Å². The Morgan fingerprint density at radius 1 is 1.12 bits per heavy atom. The summed E-state index contributed by atoms with van der Waals surface area (Å²) in [6, 6.07) is 9.44. The van der Waals surface area contributed by atoms with Gasteiger partial charge in [0.15, 0.2) is 5.54 Å². The Balaban J connectivity index is 1.31. The summed E-state index contributed by atoms with van der Waals surface area (Å²) in [5.74, 6) is 0.0855. The molecule has 218 valence electrons. The molecule has 4 saturated carbocycles. The Hall–Kier alpha value is -4.78. The van der Waals surface area contributed by atoms with Gasteiger partial charge in [-0.2, -0.15) is 28.1 Å². The zero-order chi connectivity index (χ0) is 30.1. The Bertz CT molecular complexity index is 1850. The highest BCUT2D eigenvalue weighted by atomic mass is 19.4. The molecule has 13 heteroatoms. The Morgan fingerprint density at radius 2 is 1.86 bits per heavy atom. The summed E-state index contributed by atoms with van der Waals surface area (Å²) in [5.41, 5.74) is 1.05. The third-order valence-corrected chi connectivity index (χ3v) is 9.23. The van der Waals surface area contributed by atoms with Gasteiger partial charge >= 0.3 is 6.18 Å². The van der Waals surface area contributed by atoms with Crippen LogP contribution in [0.5, 0.6) is 0 Å². The standard InChI is InChI=1S/C30H25F4N9/c1-16-21(2-3-24(31)39-16)27(23-14-43(42-41-23)29(4-5-29)30(32,33)34)40-20-6-18(11-35)25-22(7-20)26(19(12-36)13-37-25)38-15-28-8-17(9-28)10-28/h2-3,6-7,13-14,17,27,40H,4-5,8-10,15H2,1H3,(H,37,38). The number of anilines is 2. The van der Waals surface area contributed by atoms with Crippen molar-refractivity contribution in [3.63, 3.8) is 0 Å². The lowest BCUT2D eigenvalue weighted by atomic mass is 9.44. The van der Waals surface area contributed by atoms with Crippen LogP contribution >= 0.6 is 0 Å². The third kappa shape index (κ3) is 4.33. The number of alkyl halides is 3. The van der Waals surface area contributed by atoms with Crippen LogP contribution in [0.4, 0.5) is 28.9 Å². The van der Waals surface area contributed by atoms with E-state index in [9.17, 15) is 28.1 Å². The van der Waals surface area contributed by atoms with Crippen LogP contribution in [-0.2, 0) is 5.54 Å². The van der Waals surface area contributed by atoms with Gasteiger partial charge in [-0.05, 0) is 68.6 Å². The molecule has 4 aliphatic rings. The number of rotatable bonds is 8. The zero-order valence-electron chi connectivity index (χ0n) is 23.0. The van der Waals surface area contributed by atoms with Crippen molar-refractivity contribution in [3.8, 4) is 12.1 Å². The van der Waals surface area contributed by atoms with Gasteiger partial charge in [0, 0.05) is 35.1 Å². The van der Waals surface area contributed by atoms with Gasteiger partial charge in [-0.25, -0.2) is 9.67 Å². The van der Waals surface area contributed by atoms with E-state index < -0.39 is 23.7 Å². The number of pyridine rings is 2. The van der Waals surface area contributed by atoms with Gasteiger partial charge in [0.25, 0.3) is 0 Å². The summed E-state index contributed by atoms with van der Waals surface area (Å²) in [6.45, 7) is 2.29. The van der Waals surface area contributed by atoms with Crippen LogP contribution in [-0.4, -0.2) is 37.7 Å². The van der Waals surface area contributed by atoms with Crippen molar-refractivity contribution >= 4 is 22.3 Å². The molecule has 0 amide bonds. The lowest BCUT2D eigenvalue weighted by molar-refractivity contribution is -0.182. The highest BCUT2D eigenvalue weighted by Crippen LogP contribution is 2.64. The number of hydrogen-bond donors (Lipinski definition) is 2. The van der Waals surface area contributed by atoms with Crippen LogP contribution in [0.3, 0.4) is 0 Å². The molecule has 2 N–H and O–H groups in total. The summed E-state index contributed by atoms with van der Waals surface area (Å²) in [7, 11) is 0. The van der Waals surface area contributed by atoms with E-state index in [4.69, 9.17) is 0 Å². The molecule has 0 radical (unpaired) electrons. The maximum atomic E-state index is 14.0. The van der Waals surface area contributed by atoms with Crippen LogP contribution in [0.25, 0.3) is 10.9 Å². The predicted octanol–water partition coefficient (Wildman–Crippen LogP) is 5.88. The second-order valence-electron chi connectivity index (χ2n) is 12.0. The van der Waals surface area contributed by atoms with Crippen molar-refractivity contribution in [3.05, 3.63) is 70.7 Å². The number of nitrogens with one attached hydrogen (secondary N) is 2. The van der Waals surface area contributed by atoms with Crippen molar-refractivity contribution in [1.29, 1.82) is 10.5 Å². The predicted molar refractivity (Wildman–Crippen MR) is 147 cm³/mol. The first-order valence-corrected chi connectivity index (χ1v) is 13.9. The molecule has 43 heavy (non-hydrogen) atoms. The first kappa shape index (κ1) is 27.1. The number of fused-ring (bicyclic) bond motifs is 1. The molecule has 1 unspecified atom stereocenters. The molecule has 3 aromatic heterocycles. The van der Waals surface area contributed by atoms with Gasteiger partial charge in [-0.15, -0.1) is 5.10 Å². The van der Waals surface area contributed by atoms with E-state index in [1.165, 1.54) is 18.5 Å². The number of nitrogens with zero attached hydrogens (tertiary/aromatic N) is 7. The fraction of sp³-hybridized carbons (Fsp3) is 0.400. The van der Waals surface area contributed by atoms with Crippen molar-refractivity contribution in [1.82, 2.24) is 25.0 Å². The monoisotopic (exact) mass is 587 g/mol. The molecule has 1 aromatic carbocycles. The van der Waals surface area contributed by atoms with E-state index in [1.54, 1.807) is 19.1 Å². The molecule has 4 aromatic rings. The average Bonchev–Trinajstić information content (AvgIpc) is 3.61. The fourth-order valence-electron chi connectivity index (χ4n) is 6.60. The van der Waals surface area contributed by atoms with Crippen LogP contribution < -0.4 is 10.6 Å². The molecular weight excluding hydrogens is 562 g/mol. The average molecular weight is 588 g/mol. The van der Waals surface area contributed by atoms with Crippen LogP contribution in [0, 0.1) is 46.9 Å². The topological polar surface area (TPSA) is 128 Å². The van der Waals surface area contributed by atoms with E-state index >= 15 is 0 Å². The molecule has 1 atom stereocenters. The molecule has 3 heterocycles. The van der Waals surface area contributed by atoms with Crippen molar-refractivity contribution < 1.29 is 17.6 Å². The van der Waals surface area contributed by atoms with Gasteiger partial charge in [-0.1, -0.05) is 11.3 Å². The second-order valence-corrected chi connectivity index (χ2v) is 12.0. The van der Waals surface area contributed by atoms with E-state index in [1.807, 2.05) is 0 Å². The molecule has 0 spiro atoms. The highest BCUT2D eigenvalue weighted by Gasteiger charge is 2.66. The molecular formula is C30H25F4N9. The van der Waals surface area contributed by atoms with Crippen LogP contribution in [0.2, 0.25) is 0 Å². The number of aryl methyl sites for hydroxylation is 1. The van der Waals surface area contributed by atoms with Gasteiger partial charge in [0.1, 0.15) is 17.8 Å². The summed E-state index contributed by atoms with van der Waals surface area (Å²) in [4.78, 5) is 8.30. The minimum atomic E-state index is -4.50. The maximum absolute atomic E-state index is 14.0. The Kier molecular flexibility index (Phi) is 5.90. The molecule has 0 aliphatic heterocycles. The van der Waals surface area contributed by atoms with E-state index in [0.717, 1.165) is 35.9 Å². The number of nitriles is 2. The summed E-state index contributed by atoms with van der Waals surface area (Å²) in [5, 5.41) is 35.1. The number of halogens is 4. The Labute approximate surface area is 243 Å². The van der Waals surface area contributed by atoms with Crippen LogP contribution in [0.1, 0.15) is 66.2 Å². The van der Waals surface area contributed by atoms with Gasteiger partial charge in [0.05, 0.1) is 34.6 Å². The van der Waals surface area contributed by atoms with Crippen LogP contribution in [0.15, 0.2) is 36.7 Å². The smallest absolute Gasteiger partial charge is 0.383 e. The third-order valence-electron chi connectivity index (χ3n) is 9.23.